The van der Waals surface area contributed by atoms with Crippen molar-refractivity contribution in [1.82, 2.24) is 9.97 Å². The third-order valence-electron chi connectivity index (χ3n) is 3.40. The molecule has 7 nitrogen and oxygen atoms in total. The van der Waals surface area contributed by atoms with Gasteiger partial charge in [-0.15, -0.1) is 0 Å². The highest BCUT2D eigenvalue weighted by molar-refractivity contribution is 7.92. The van der Waals surface area contributed by atoms with E-state index in [2.05, 4.69) is 20.0 Å². The Labute approximate surface area is 165 Å². The van der Waals surface area contributed by atoms with Crippen LogP contribution in [0.3, 0.4) is 0 Å². The maximum Gasteiger partial charge on any atom is 0.264 e. The number of nitrogens with zero attached hydrogens (tertiary/aromatic N) is 2. The molecule has 2 N–H and O–H groups in total. The topological polar surface area (TPSA) is 101 Å². The van der Waals surface area contributed by atoms with Crippen LogP contribution in [0.5, 0.6) is 0 Å². The lowest BCUT2D eigenvalue weighted by Crippen LogP contribution is -2.15. The second-order valence-electron chi connectivity index (χ2n) is 5.25. The van der Waals surface area contributed by atoms with E-state index in [1.807, 2.05) is 0 Å². The molecule has 0 aliphatic carbocycles. The molecule has 138 valence electrons. The number of rotatable bonds is 5. The summed E-state index contributed by atoms with van der Waals surface area (Å²) in [5.74, 6) is -0.541. The Morgan fingerprint density at radius 2 is 1.48 bits per heavy atom. The van der Waals surface area contributed by atoms with Gasteiger partial charge in [-0.3, -0.25) is 4.79 Å². The summed E-state index contributed by atoms with van der Waals surface area (Å²) in [6, 6.07) is 11.9. The van der Waals surface area contributed by atoms with Gasteiger partial charge in [-0.05, 0) is 42.5 Å². The number of carbonyl (C=O) groups is 1. The van der Waals surface area contributed by atoms with Crippen molar-refractivity contribution in [2.45, 2.75) is 4.90 Å². The van der Waals surface area contributed by atoms with Gasteiger partial charge in [0.1, 0.15) is 0 Å². The molecule has 0 saturated carbocycles. The van der Waals surface area contributed by atoms with Gasteiger partial charge < -0.3 is 5.32 Å². The minimum absolute atomic E-state index is 0.0104. The fraction of sp³-hybridized carbons (Fsp3) is 0. The zero-order valence-corrected chi connectivity index (χ0v) is 15.9. The molecule has 0 aliphatic heterocycles. The Bertz CT molecular complexity index is 1050. The molecule has 0 unspecified atom stereocenters. The second kappa shape index (κ2) is 7.91. The highest BCUT2D eigenvalue weighted by atomic mass is 35.5. The van der Waals surface area contributed by atoms with E-state index in [9.17, 15) is 13.2 Å². The van der Waals surface area contributed by atoms with Gasteiger partial charge in [0.15, 0.2) is 0 Å². The van der Waals surface area contributed by atoms with Crippen LogP contribution < -0.4 is 10.0 Å². The highest BCUT2D eigenvalue weighted by Crippen LogP contribution is 2.25. The summed E-state index contributed by atoms with van der Waals surface area (Å²) in [7, 11) is -3.85. The molecule has 0 aliphatic rings. The summed E-state index contributed by atoms with van der Waals surface area (Å²) in [5.41, 5.74) is 0.520. The Kier molecular flexibility index (Phi) is 5.59. The number of amides is 1. The number of aromatic nitrogens is 2. The summed E-state index contributed by atoms with van der Waals surface area (Å²) in [4.78, 5) is 20.0. The van der Waals surface area contributed by atoms with Crippen molar-refractivity contribution in [2.75, 3.05) is 10.0 Å². The van der Waals surface area contributed by atoms with Crippen LogP contribution in [0.15, 0.2) is 65.8 Å². The van der Waals surface area contributed by atoms with Gasteiger partial charge >= 0.3 is 0 Å². The molecule has 2 aromatic carbocycles. The lowest BCUT2D eigenvalue weighted by Gasteiger charge is -2.10. The summed E-state index contributed by atoms with van der Waals surface area (Å²) in [6.45, 7) is 0. The number of hydrogen-bond acceptors (Lipinski definition) is 5. The first-order valence-corrected chi connectivity index (χ1v) is 9.76. The zero-order valence-electron chi connectivity index (χ0n) is 13.6. The molecule has 1 heterocycles. The first-order chi connectivity index (χ1) is 12.9. The first kappa shape index (κ1) is 19.1. The molecule has 0 saturated heterocycles. The summed E-state index contributed by atoms with van der Waals surface area (Å²) < 4.78 is 26.9. The predicted molar refractivity (Wildman–Crippen MR) is 104 cm³/mol. The van der Waals surface area contributed by atoms with E-state index in [4.69, 9.17) is 23.2 Å². The maximum absolute atomic E-state index is 12.4. The van der Waals surface area contributed by atoms with Gasteiger partial charge in [0, 0.05) is 18.1 Å². The number of nitrogens with one attached hydrogen (secondary N) is 2. The van der Waals surface area contributed by atoms with Crippen molar-refractivity contribution < 1.29 is 13.2 Å². The lowest BCUT2D eigenvalue weighted by molar-refractivity contribution is 0.102. The second-order valence-corrected chi connectivity index (χ2v) is 7.75. The molecule has 0 atom stereocenters. The Hall–Kier alpha value is -2.68. The zero-order chi connectivity index (χ0) is 19.4. The first-order valence-electron chi connectivity index (χ1n) is 7.52. The van der Waals surface area contributed by atoms with E-state index in [-0.39, 0.29) is 26.5 Å². The highest BCUT2D eigenvalue weighted by Gasteiger charge is 2.17. The largest absolute Gasteiger partial charge is 0.322 e. The van der Waals surface area contributed by atoms with Crippen LogP contribution in [-0.4, -0.2) is 24.3 Å². The molecule has 1 amide bonds. The van der Waals surface area contributed by atoms with E-state index in [1.54, 1.807) is 24.3 Å². The molecule has 10 heteroatoms. The normalized spacial score (nSPS) is 11.0. The van der Waals surface area contributed by atoms with Gasteiger partial charge in [0.25, 0.3) is 15.9 Å². The molecular weight excluding hydrogens is 411 g/mol. The molecule has 0 fully saturated rings. The van der Waals surface area contributed by atoms with Crippen LogP contribution >= 0.6 is 23.2 Å². The number of halogens is 2. The van der Waals surface area contributed by atoms with E-state index >= 15 is 0 Å². The number of carbonyl (C=O) groups excluding carboxylic acids is 1. The van der Waals surface area contributed by atoms with Crippen molar-refractivity contribution in [2.24, 2.45) is 0 Å². The number of benzene rings is 2. The molecule has 0 bridgehead atoms. The smallest absolute Gasteiger partial charge is 0.264 e. The third kappa shape index (κ3) is 4.54. The van der Waals surface area contributed by atoms with Crippen LogP contribution in [0.4, 0.5) is 11.6 Å². The third-order valence-corrected chi connectivity index (χ3v) is 5.38. The average Bonchev–Trinajstić information content (AvgIpc) is 2.62. The molecule has 0 spiro atoms. The van der Waals surface area contributed by atoms with Crippen LogP contribution in [0.2, 0.25) is 10.0 Å². The van der Waals surface area contributed by atoms with Crippen molar-refractivity contribution >= 4 is 50.8 Å². The van der Waals surface area contributed by atoms with Crippen LogP contribution in [0.1, 0.15) is 10.4 Å². The number of hydrogen-bond donors (Lipinski definition) is 2. The quantitative estimate of drug-likeness (QED) is 0.650. The summed E-state index contributed by atoms with van der Waals surface area (Å²) in [6.07, 6.45) is 2.84. The minimum atomic E-state index is -3.85. The van der Waals surface area contributed by atoms with Crippen LogP contribution in [-0.2, 0) is 10.0 Å². The summed E-state index contributed by atoms with van der Waals surface area (Å²) >= 11 is 12.0. The van der Waals surface area contributed by atoms with Crippen LogP contribution in [0.25, 0.3) is 0 Å². The standard InChI is InChI=1S/C17H12Cl2N4O3S/c18-13-3-1-4-14(19)15(13)16(24)22-11-5-7-12(8-6-11)27(25,26)23-17-20-9-2-10-21-17/h1-10H,(H,22,24)(H,20,21,23). The van der Waals surface area contributed by atoms with Gasteiger partial charge in [0.05, 0.1) is 20.5 Å². The predicted octanol–water partition coefficient (Wildman–Crippen LogP) is 3.84. The van der Waals surface area contributed by atoms with E-state index in [1.165, 1.54) is 36.7 Å². The van der Waals surface area contributed by atoms with Crippen molar-refractivity contribution in [3.05, 3.63) is 76.5 Å². The molecule has 27 heavy (non-hydrogen) atoms. The fourth-order valence-electron chi connectivity index (χ4n) is 2.16. The van der Waals surface area contributed by atoms with E-state index in [0.717, 1.165) is 0 Å². The van der Waals surface area contributed by atoms with Gasteiger partial charge in [0.2, 0.25) is 5.95 Å². The SMILES string of the molecule is O=C(Nc1ccc(S(=O)(=O)Nc2ncccn2)cc1)c1c(Cl)cccc1Cl. The van der Waals surface area contributed by atoms with Crippen LogP contribution in [0, 0.1) is 0 Å². The average molecular weight is 423 g/mol. The Balaban J connectivity index is 1.76. The van der Waals surface area contributed by atoms with E-state index in [0.29, 0.717) is 5.69 Å². The van der Waals surface area contributed by atoms with Gasteiger partial charge in [-0.1, -0.05) is 29.3 Å². The molecular formula is C17H12Cl2N4O3S. The van der Waals surface area contributed by atoms with E-state index < -0.39 is 15.9 Å². The minimum Gasteiger partial charge on any atom is -0.322 e. The van der Waals surface area contributed by atoms with Crippen molar-refractivity contribution in [3.8, 4) is 0 Å². The summed E-state index contributed by atoms with van der Waals surface area (Å²) in [5, 5.41) is 3.05. The Morgan fingerprint density at radius 3 is 2.07 bits per heavy atom. The number of sulfonamides is 1. The molecule has 1 aromatic heterocycles. The maximum atomic E-state index is 12.4. The Morgan fingerprint density at radius 1 is 0.889 bits per heavy atom. The molecule has 3 rings (SSSR count). The monoisotopic (exact) mass is 422 g/mol. The molecule has 0 radical (unpaired) electrons. The van der Waals surface area contributed by atoms with Crippen molar-refractivity contribution in [1.29, 1.82) is 0 Å². The number of anilines is 2. The fourth-order valence-corrected chi connectivity index (χ4v) is 3.68. The van der Waals surface area contributed by atoms with Gasteiger partial charge in [-0.25, -0.2) is 23.1 Å². The van der Waals surface area contributed by atoms with Crippen molar-refractivity contribution in [3.63, 3.8) is 0 Å². The molecule has 3 aromatic rings. The lowest BCUT2D eigenvalue weighted by atomic mass is 10.2. The van der Waals surface area contributed by atoms with Gasteiger partial charge in [-0.2, -0.15) is 0 Å².